The van der Waals surface area contributed by atoms with Gasteiger partial charge in [0.15, 0.2) is 5.76 Å². The molecular weight excluding hydrogens is 367 g/mol. The van der Waals surface area contributed by atoms with Gasteiger partial charge < -0.3 is 9.47 Å². The van der Waals surface area contributed by atoms with Crippen molar-refractivity contribution in [2.24, 2.45) is 0 Å². The first-order valence-corrected chi connectivity index (χ1v) is 9.44. The van der Waals surface area contributed by atoms with Gasteiger partial charge >= 0.3 is 0 Å². The molecule has 0 bridgehead atoms. The molecule has 1 aliphatic heterocycles. The molecule has 0 unspecified atom stereocenters. The Kier molecular flexibility index (Phi) is 4.93. The summed E-state index contributed by atoms with van der Waals surface area (Å²) in [6.07, 6.45) is 1.62. The Balaban J connectivity index is 1.57. The van der Waals surface area contributed by atoms with E-state index >= 15 is 0 Å². The fourth-order valence-electron chi connectivity index (χ4n) is 3.39. The largest absolute Gasteiger partial charge is 0.489 e. The zero-order valence-corrected chi connectivity index (χ0v) is 16.6. The van der Waals surface area contributed by atoms with Crippen LogP contribution in [-0.2, 0) is 6.61 Å². The van der Waals surface area contributed by atoms with E-state index in [9.17, 15) is 9.18 Å². The SMILES string of the molecule is Cc1ccc(C)c(COc2cc(C)c3c(c2)O/C(=C\c2ccc(F)cc2)C3=O)c1. The molecule has 146 valence electrons. The van der Waals surface area contributed by atoms with Crippen LogP contribution in [0.25, 0.3) is 6.08 Å². The van der Waals surface area contributed by atoms with E-state index < -0.39 is 0 Å². The molecule has 0 amide bonds. The number of fused-ring (bicyclic) bond motifs is 1. The third kappa shape index (κ3) is 3.92. The predicted octanol–water partition coefficient (Wildman–Crippen LogP) is 5.95. The van der Waals surface area contributed by atoms with E-state index in [1.165, 1.54) is 23.3 Å². The van der Waals surface area contributed by atoms with E-state index in [4.69, 9.17) is 9.47 Å². The molecular formula is C25H21FO3. The summed E-state index contributed by atoms with van der Waals surface area (Å²) < 4.78 is 24.9. The van der Waals surface area contributed by atoms with Crippen molar-refractivity contribution in [3.05, 3.63) is 99.6 Å². The lowest BCUT2D eigenvalue weighted by Crippen LogP contribution is -2.01. The zero-order valence-electron chi connectivity index (χ0n) is 16.6. The van der Waals surface area contributed by atoms with E-state index in [2.05, 4.69) is 32.0 Å². The van der Waals surface area contributed by atoms with Gasteiger partial charge in [-0.3, -0.25) is 4.79 Å². The lowest BCUT2D eigenvalue weighted by molar-refractivity contribution is 0.101. The third-order valence-electron chi connectivity index (χ3n) is 5.01. The Labute approximate surface area is 169 Å². The number of carbonyl (C=O) groups excluding carboxylic acids is 1. The minimum atomic E-state index is -0.324. The first kappa shape index (κ1) is 18.9. The van der Waals surface area contributed by atoms with Gasteiger partial charge in [-0.05, 0) is 67.3 Å². The molecule has 0 fully saturated rings. The summed E-state index contributed by atoms with van der Waals surface area (Å²) in [5.74, 6) is 0.859. The van der Waals surface area contributed by atoms with Crippen LogP contribution in [0.2, 0.25) is 0 Å². The van der Waals surface area contributed by atoms with Gasteiger partial charge in [0.2, 0.25) is 5.78 Å². The summed E-state index contributed by atoms with van der Waals surface area (Å²) in [6.45, 7) is 6.42. The third-order valence-corrected chi connectivity index (χ3v) is 5.01. The number of hydrogen-bond acceptors (Lipinski definition) is 3. The molecule has 29 heavy (non-hydrogen) atoms. The van der Waals surface area contributed by atoms with Crippen molar-refractivity contribution in [2.45, 2.75) is 27.4 Å². The Morgan fingerprint density at radius 1 is 0.966 bits per heavy atom. The van der Waals surface area contributed by atoms with Crippen LogP contribution < -0.4 is 9.47 Å². The summed E-state index contributed by atoms with van der Waals surface area (Å²) >= 11 is 0. The highest BCUT2D eigenvalue weighted by Crippen LogP contribution is 2.37. The molecule has 3 nitrogen and oxygen atoms in total. The Morgan fingerprint density at radius 2 is 1.72 bits per heavy atom. The Bertz CT molecular complexity index is 1130. The van der Waals surface area contributed by atoms with E-state index in [0.29, 0.717) is 29.2 Å². The van der Waals surface area contributed by atoms with Crippen molar-refractivity contribution in [3.8, 4) is 11.5 Å². The number of rotatable bonds is 4. The van der Waals surface area contributed by atoms with E-state index in [1.807, 2.05) is 13.0 Å². The van der Waals surface area contributed by atoms with Crippen LogP contribution in [0.5, 0.6) is 11.5 Å². The van der Waals surface area contributed by atoms with Gasteiger partial charge in [0.25, 0.3) is 0 Å². The number of allylic oxidation sites excluding steroid dienone is 1. The van der Waals surface area contributed by atoms with Crippen molar-refractivity contribution in [2.75, 3.05) is 0 Å². The molecule has 1 heterocycles. The maximum absolute atomic E-state index is 13.1. The number of halogens is 1. The van der Waals surface area contributed by atoms with Gasteiger partial charge in [-0.25, -0.2) is 4.39 Å². The average molecular weight is 388 g/mol. The molecule has 0 radical (unpaired) electrons. The lowest BCUT2D eigenvalue weighted by atomic mass is 10.0. The van der Waals surface area contributed by atoms with E-state index in [0.717, 1.165) is 11.1 Å². The highest BCUT2D eigenvalue weighted by Gasteiger charge is 2.30. The minimum Gasteiger partial charge on any atom is -0.489 e. The molecule has 0 atom stereocenters. The number of carbonyl (C=O) groups is 1. The van der Waals surface area contributed by atoms with Crippen molar-refractivity contribution < 1.29 is 18.7 Å². The van der Waals surface area contributed by atoms with Gasteiger partial charge in [0.05, 0.1) is 5.56 Å². The monoisotopic (exact) mass is 388 g/mol. The van der Waals surface area contributed by atoms with Crippen LogP contribution >= 0.6 is 0 Å². The summed E-state index contributed by atoms with van der Waals surface area (Å²) in [7, 11) is 0. The number of hydrogen-bond donors (Lipinski definition) is 0. The molecule has 0 saturated heterocycles. The van der Waals surface area contributed by atoms with Crippen LogP contribution in [0.4, 0.5) is 4.39 Å². The molecule has 0 aromatic heterocycles. The second-order valence-corrected chi connectivity index (χ2v) is 7.32. The minimum absolute atomic E-state index is 0.178. The molecule has 0 spiro atoms. The normalized spacial score (nSPS) is 14.1. The fraction of sp³-hybridized carbons (Fsp3) is 0.160. The number of Topliss-reactive ketones (excluding diaryl/α,β-unsaturated/α-hetero) is 1. The second-order valence-electron chi connectivity index (χ2n) is 7.32. The summed E-state index contributed by atoms with van der Waals surface area (Å²) in [5.41, 5.74) is 5.51. The molecule has 0 aliphatic carbocycles. The maximum atomic E-state index is 13.1. The van der Waals surface area contributed by atoms with Crippen LogP contribution in [0.3, 0.4) is 0 Å². The Hall–Kier alpha value is -3.40. The van der Waals surface area contributed by atoms with E-state index in [-0.39, 0.29) is 17.4 Å². The molecule has 3 aromatic carbocycles. The first-order valence-electron chi connectivity index (χ1n) is 9.44. The maximum Gasteiger partial charge on any atom is 0.232 e. The van der Waals surface area contributed by atoms with Gasteiger partial charge in [-0.2, -0.15) is 0 Å². The highest BCUT2D eigenvalue weighted by molar-refractivity contribution is 6.15. The highest BCUT2D eigenvalue weighted by atomic mass is 19.1. The second kappa shape index (κ2) is 7.55. The molecule has 4 rings (SSSR count). The number of benzene rings is 3. The summed E-state index contributed by atoms with van der Waals surface area (Å²) in [4.78, 5) is 12.8. The van der Waals surface area contributed by atoms with Crippen molar-refractivity contribution in [3.63, 3.8) is 0 Å². The quantitative estimate of drug-likeness (QED) is 0.519. The fourth-order valence-corrected chi connectivity index (χ4v) is 3.39. The standard InChI is InChI=1S/C25H21FO3/c1-15-4-5-16(2)19(10-15)14-28-21-11-17(3)24-22(13-21)29-23(25(24)27)12-18-6-8-20(26)9-7-18/h4-13H,14H2,1-3H3/b23-12-. The van der Waals surface area contributed by atoms with Crippen molar-refractivity contribution in [1.82, 2.24) is 0 Å². The topological polar surface area (TPSA) is 35.5 Å². The van der Waals surface area contributed by atoms with Crippen molar-refractivity contribution in [1.29, 1.82) is 0 Å². The molecule has 1 aliphatic rings. The zero-order chi connectivity index (χ0) is 20.5. The molecule has 3 aromatic rings. The average Bonchev–Trinajstić information content (AvgIpc) is 3.00. The van der Waals surface area contributed by atoms with E-state index in [1.54, 1.807) is 24.3 Å². The van der Waals surface area contributed by atoms with Gasteiger partial charge in [0.1, 0.15) is 23.9 Å². The van der Waals surface area contributed by atoms with Gasteiger partial charge in [-0.15, -0.1) is 0 Å². The molecule has 0 N–H and O–H groups in total. The molecule has 0 saturated carbocycles. The predicted molar refractivity (Wildman–Crippen MR) is 111 cm³/mol. The summed E-state index contributed by atoms with van der Waals surface area (Å²) in [6, 6.07) is 15.8. The van der Waals surface area contributed by atoms with Crippen LogP contribution in [0.15, 0.2) is 60.4 Å². The number of ether oxygens (including phenoxy) is 2. The lowest BCUT2D eigenvalue weighted by Gasteiger charge is -2.11. The van der Waals surface area contributed by atoms with Crippen LogP contribution in [0.1, 0.15) is 38.2 Å². The first-order chi connectivity index (χ1) is 13.9. The Morgan fingerprint density at radius 3 is 2.48 bits per heavy atom. The molecule has 4 heteroatoms. The number of aryl methyl sites for hydroxylation is 3. The van der Waals surface area contributed by atoms with Gasteiger partial charge in [-0.1, -0.05) is 35.9 Å². The van der Waals surface area contributed by atoms with Gasteiger partial charge in [0, 0.05) is 6.07 Å². The van der Waals surface area contributed by atoms with Crippen LogP contribution in [0, 0.1) is 26.6 Å². The number of ketones is 1. The van der Waals surface area contributed by atoms with Crippen LogP contribution in [-0.4, -0.2) is 5.78 Å². The van der Waals surface area contributed by atoms with Crippen molar-refractivity contribution >= 4 is 11.9 Å². The summed E-state index contributed by atoms with van der Waals surface area (Å²) in [5, 5.41) is 0. The smallest absolute Gasteiger partial charge is 0.232 e.